The number of carbonyl (C=O) groups is 1. The van der Waals surface area contributed by atoms with Crippen LogP contribution in [0.2, 0.25) is 0 Å². The summed E-state index contributed by atoms with van der Waals surface area (Å²) >= 11 is 0. The molecule has 0 fully saturated rings. The maximum Gasteiger partial charge on any atom is 0.371 e. The van der Waals surface area contributed by atoms with E-state index in [2.05, 4.69) is 0 Å². The fourth-order valence-corrected chi connectivity index (χ4v) is 2.39. The zero-order valence-corrected chi connectivity index (χ0v) is 10.2. The third-order valence-electron chi connectivity index (χ3n) is 2.00. The van der Waals surface area contributed by atoms with Crippen LogP contribution in [0.1, 0.15) is 23.9 Å². The van der Waals surface area contributed by atoms with E-state index in [9.17, 15) is 13.2 Å². The molecule has 0 amide bonds. The first-order valence-corrected chi connectivity index (χ1v) is 6.76. The average molecular weight is 262 g/mol. The first-order chi connectivity index (χ1) is 7.97. The van der Waals surface area contributed by atoms with Gasteiger partial charge in [0.15, 0.2) is 0 Å². The molecule has 0 aliphatic rings. The van der Waals surface area contributed by atoms with Crippen LogP contribution in [-0.2, 0) is 14.6 Å². The van der Waals surface area contributed by atoms with Gasteiger partial charge in [0.05, 0.1) is 5.75 Å². The molecule has 0 unspecified atom stereocenters. The molecule has 1 heterocycles. The zero-order chi connectivity index (χ0) is 12.9. The van der Waals surface area contributed by atoms with E-state index < -0.39 is 15.8 Å². The number of aromatic carboxylic acids is 1. The molecule has 0 aliphatic carbocycles. The molecule has 1 aromatic rings. The molecule has 0 atom stereocenters. The van der Waals surface area contributed by atoms with E-state index in [4.69, 9.17) is 14.3 Å². The number of hydrogen-bond acceptors (Lipinski definition) is 5. The van der Waals surface area contributed by atoms with Crippen LogP contribution < -0.4 is 0 Å². The van der Waals surface area contributed by atoms with E-state index in [1.807, 2.05) is 6.92 Å². The van der Waals surface area contributed by atoms with Gasteiger partial charge in [0, 0.05) is 13.2 Å². The number of ether oxygens (including phenoxy) is 1. The molecule has 0 saturated carbocycles. The summed E-state index contributed by atoms with van der Waals surface area (Å²) in [5.74, 6) is -1.80. The number of carboxylic acid groups (broad SMARTS) is 1. The van der Waals surface area contributed by atoms with Crippen molar-refractivity contribution in [3.8, 4) is 0 Å². The van der Waals surface area contributed by atoms with E-state index in [1.54, 1.807) is 0 Å². The van der Waals surface area contributed by atoms with Crippen LogP contribution in [0.25, 0.3) is 0 Å². The highest BCUT2D eigenvalue weighted by Gasteiger charge is 2.20. The first-order valence-electron chi connectivity index (χ1n) is 5.11. The van der Waals surface area contributed by atoms with E-state index >= 15 is 0 Å². The largest absolute Gasteiger partial charge is 0.475 e. The molecule has 17 heavy (non-hydrogen) atoms. The maximum absolute atomic E-state index is 11.7. The lowest BCUT2D eigenvalue weighted by atomic mass is 10.5. The molecule has 1 N–H and O–H groups in total. The monoisotopic (exact) mass is 262 g/mol. The van der Waals surface area contributed by atoms with Crippen LogP contribution in [0, 0.1) is 0 Å². The van der Waals surface area contributed by atoms with Crippen LogP contribution in [0.15, 0.2) is 21.6 Å². The molecule has 0 radical (unpaired) electrons. The number of rotatable bonds is 7. The topological polar surface area (TPSA) is 93.8 Å². The molecular formula is C10H14O6S. The second-order valence-corrected chi connectivity index (χ2v) is 5.33. The van der Waals surface area contributed by atoms with Gasteiger partial charge < -0.3 is 14.3 Å². The molecule has 1 aromatic heterocycles. The molecule has 1 rings (SSSR count). The third kappa shape index (κ3) is 3.86. The van der Waals surface area contributed by atoms with Gasteiger partial charge in [0.1, 0.15) is 0 Å². The van der Waals surface area contributed by atoms with Gasteiger partial charge >= 0.3 is 5.97 Å². The smallest absolute Gasteiger partial charge is 0.371 e. The van der Waals surface area contributed by atoms with Gasteiger partial charge in [-0.2, -0.15) is 0 Å². The lowest BCUT2D eigenvalue weighted by molar-refractivity contribution is 0.0656. The Morgan fingerprint density at radius 2 is 2.18 bits per heavy atom. The van der Waals surface area contributed by atoms with Crippen LogP contribution in [0.5, 0.6) is 0 Å². The lowest BCUT2D eigenvalue weighted by Gasteiger charge is -2.01. The first kappa shape index (κ1) is 13.7. The summed E-state index contributed by atoms with van der Waals surface area (Å²) in [6.45, 7) is 2.70. The summed E-state index contributed by atoms with van der Waals surface area (Å²) in [6, 6.07) is 2.28. The van der Waals surface area contributed by atoms with Crippen molar-refractivity contribution in [3.63, 3.8) is 0 Å². The van der Waals surface area contributed by atoms with Crippen LogP contribution in [-0.4, -0.2) is 38.5 Å². The van der Waals surface area contributed by atoms with Gasteiger partial charge in [0.2, 0.25) is 20.7 Å². The highest BCUT2D eigenvalue weighted by molar-refractivity contribution is 7.91. The van der Waals surface area contributed by atoms with Crippen molar-refractivity contribution in [3.05, 3.63) is 17.9 Å². The highest BCUT2D eigenvalue weighted by Crippen LogP contribution is 2.16. The molecule has 0 spiro atoms. The average Bonchev–Trinajstić information content (AvgIpc) is 2.74. The SMILES string of the molecule is CCOCCCS(=O)(=O)c1ccc(C(=O)O)o1. The minimum Gasteiger partial charge on any atom is -0.475 e. The summed E-state index contributed by atoms with van der Waals surface area (Å²) in [5.41, 5.74) is 0. The van der Waals surface area contributed by atoms with Crippen molar-refractivity contribution in [2.75, 3.05) is 19.0 Å². The van der Waals surface area contributed by atoms with Gasteiger partial charge in [0.25, 0.3) is 0 Å². The number of sulfone groups is 1. The number of furan rings is 1. The molecule has 96 valence electrons. The summed E-state index contributed by atoms with van der Waals surface area (Å²) in [4.78, 5) is 10.5. The van der Waals surface area contributed by atoms with Crippen LogP contribution in [0.4, 0.5) is 0 Å². The molecule has 7 heteroatoms. The Kier molecular flexibility index (Phi) is 4.71. The Labute approximate surface area is 99.1 Å². The summed E-state index contributed by atoms with van der Waals surface area (Å²) in [6.07, 6.45) is 0.347. The van der Waals surface area contributed by atoms with E-state index in [1.165, 1.54) is 0 Å². The molecule has 0 bridgehead atoms. The lowest BCUT2D eigenvalue weighted by Crippen LogP contribution is -2.08. The Bertz CT molecular complexity index is 473. The summed E-state index contributed by atoms with van der Waals surface area (Å²) in [5, 5.41) is 8.29. The Balaban J connectivity index is 2.66. The van der Waals surface area contributed by atoms with Crippen molar-refractivity contribution >= 4 is 15.8 Å². The normalized spacial score (nSPS) is 11.6. The van der Waals surface area contributed by atoms with Crippen molar-refractivity contribution in [1.29, 1.82) is 0 Å². The Morgan fingerprint density at radius 3 is 2.71 bits per heavy atom. The zero-order valence-electron chi connectivity index (χ0n) is 9.38. The summed E-state index contributed by atoms with van der Waals surface area (Å²) < 4.78 is 33.1. The Morgan fingerprint density at radius 1 is 1.47 bits per heavy atom. The van der Waals surface area contributed by atoms with Crippen LogP contribution >= 0.6 is 0 Å². The van der Waals surface area contributed by atoms with Crippen molar-refractivity contribution < 1.29 is 27.5 Å². The van der Waals surface area contributed by atoms with E-state index in [0.717, 1.165) is 12.1 Å². The van der Waals surface area contributed by atoms with Crippen LogP contribution in [0.3, 0.4) is 0 Å². The predicted molar refractivity (Wildman–Crippen MR) is 58.8 cm³/mol. The fraction of sp³-hybridized carbons (Fsp3) is 0.500. The maximum atomic E-state index is 11.7. The highest BCUT2D eigenvalue weighted by atomic mass is 32.2. The van der Waals surface area contributed by atoms with Gasteiger partial charge in [-0.3, -0.25) is 0 Å². The standard InChI is InChI=1S/C10H14O6S/c1-2-15-6-3-7-17(13,14)9-5-4-8(16-9)10(11)12/h4-5H,2-3,6-7H2,1H3,(H,11,12). The third-order valence-corrected chi connectivity index (χ3v) is 3.66. The Hall–Kier alpha value is -1.34. The van der Waals surface area contributed by atoms with Gasteiger partial charge in [-0.05, 0) is 25.5 Å². The van der Waals surface area contributed by atoms with Crippen molar-refractivity contribution in [1.82, 2.24) is 0 Å². The van der Waals surface area contributed by atoms with Gasteiger partial charge in [-0.1, -0.05) is 0 Å². The number of hydrogen-bond donors (Lipinski definition) is 1. The number of carboxylic acids is 1. The molecular weight excluding hydrogens is 248 g/mol. The van der Waals surface area contributed by atoms with E-state index in [-0.39, 0.29) is 16.6 Å². The molecule has 0 saturated heterocycles. The fourth-order valence-electron chi connectivity index (χ4n) is 1.20. The quantitative estimate of drug-likeness (QED) is 0.741. The second kappa shape index (κ2) is 5.83. The molecule has 6 nitrogen and oxygen atoms in total. The molecule has 0 aliphatic heterocycles. The van der Waals surface area contributed by atoms with Gasteiger partial charge in [-0.15, -0.1) is 0 Å². The van der Waals surface area contributed by atoms with Crippen molar-refractivity contribution in [2.45, 2.75) is 18.4 Å². The molecule has 0 aromatic carbocycles. The predicted octanol–water partition coefficient (Wildman–Crippen LogP) is 1.18. The van der Waals surface area contributed by atoms with Crippen molar-refractivity contribution in [2.24, 2.45) is 0 Å². The minimum absolute atomic E-state index is 0.125. The van der Waals surface area contributed by atoms with E-state index in [0.29, 0.717) is 19.6 Å². The second-order valence-electron chi connectivity index (χ2n) is 3.29. The summed E-state index contributed by atoms with van der Waals surface area (Å²) in [7, 11) is -3.56. The van der Waals surface area contributed by atoms with Gasteiger partial charge in [-0.25, -0.2) is 13.2 Å². The minimum atomic E-state index is -3.56.